The molecule has 6 heteroatoms. The standard InChI is InChI=1S/C13H12Cl2N2O2/c1-7(2)12-9(13(18)19)6-17(16-12)8-3-4-10(14)11(15)5-8/h3-7H,1-2H3,(H,18,19). The summed E-state index contributed by atoms with van der Waals surface area (Å²) in [7, 11) is 0. The fourth-order valence-electron chi connectivity index (χ4n) is 1.74. The maximum atomic E-state index is 11.2. The van der Waals surface area contributed by atoms with E-state index in [0.717, 1.165) is 0 Å². The van der Waals surface area contributed by atoms with Crippen LogP contribution in [0.3, 0.4) is 0 Å². The summed E-state index contributed by atoms with van der Waals surface area (Å²) in [5.74, 6) is -0.967. The number of carbonyl (C=O) groups is 1. The van der Waals surface area contributed by atoms with E-state index in [1.165, 1.54) is 10.9 Å². The van der Waals surface area contributed by atoms with E-state index in [2.05, 4.69) is 5.10 Å². The molecule has 0 amide bonds. The minimum Gasteiger partial charge on any atom is -0.478 e. The van der Waals surface area contributed by atoms with E-state index in [-0.39, 0.29) is 11.5 Å². The molecular weight excluding hydrogens is 287 g/mol. The lowest BCUT2D eigenvalue weighted by molar-refractivity contribution is 0.0695. The molecule has 0 aliphatic rings. The molecule has 0 unspecified atom stereocenters. The first kappa shape index (κ1) is 13.9. The summed E-state index contributed by atoms with van der Waals surface area (Å²) in [6.45, 7) is 3.79. The molecule has 0 saturated carbocycles. The lowest BCUT2D eigenvalue weighted by Crippen LogP contribution is -2.01. The summed E-state index contributed by atoms with van der Waals surface area (Å²) in [4.78, 5) is 11.2. The van der Waals surface area contributed by atoms with E-state index >= 15 is 0 Å². The van der Waals surface area contributed by atoms with Gasteiger partial charge in [0, 0.05) is 6.20 Å². The minimum absolute atomic E-state index is 0.0233. The third-order valence-electron chi connectivity index (χ3n) is 2.69. The van der Waals surface area contributed by atoms with Crippen LogP contribution in [0.1, 0.15) is 35.8 Å². The van der Waals surface area contributed by atoms with Crippen LogP contribution in [0.4, 0.5) is 0 Å². The zero-order chi connectivity index (χ0) is 14.2. The number of rotatable bonds is 3. The highest BCUT2D eigenvalue weighted by molar-refractivity contribution is 6.42. The number of hydrogen-bond acceptors (Lipinski definition) is 2. The molecule has 1 N–H and O–H groups in total. The molecule has 2 rings (SSSR count). The fraction of sp³-hybridized carbons (Fsp3) is 0.231. The molecule has 100 valence electrons. The van der Waals surface area contributed by atoms with Crippen LogP contribution in [0.2, 0.25) is 10.0 Å². The van der Waals surface area contributed by atoms with Crippen LogP contribution in [0, 0.1) is 0 Å². The second-order valence-electron chi connectivity index (χ2n) is 4.43. The molecule has 0 spiro atoms. The van der Waals surface area contributed by atoms with Crippen LogP contribution in [0.15, 0.2) is 24.4 Å². The number of hydrogen-bond donors (Lipinski definition) is 1. The number of aromatic nitrogens is 2. The molecule has 0 aliphatic carbocycles. The summed E-state index contributed by atoms with van der Waals surface area (Å²) in [6, 6.07) is 5.03. The highest BCUT2D eigenvalue weighted by Crippen LogP contribution is 2.26. The summed E-state index contributed by atoms with van der Waals surface area (Å²) in [5, 5.41) is 14.3. The van der Waals surface area contributed by atoms with Gasteiger partial charge in [0.2, 0.25) is 0 Å². The van der Waals surface area contributed by atoms with Crippen molar-refractivity contribution in [1.82, 2.24) is 9.78 Å². The van der Waals surface area contributed by atoms with Crippen LogP contribution in [-0.2, 0) is 0 Å². The SMILES string of the molecule is CC(C)c1nn(-c2ccc(Cl)c(Cl)c2)cc1C(=O)O. The van der Waals surface area contributed by atoms with Gasteiger partial charge in [-0.2, -0.15) is 5.10 Å². The van der Waals surface area contributed by atoms with E-state index in [4.69, 9.17) is 23.2 Å². The van der Waals surface area contributed by atoms with E-state index in [9.17, 15) is 9.90 Å². The predicted octanol–water partition coefficient (Wildman–Crippen LogP) is 4.00. The van der Waals surface area contributed by atoms with Crippen LogP contribution in [0.5, 0.6) is 0 Å². The first-order chi connectivity index (χ1) is 8.90. The van der Waals surface area contributed by atoms with Crippen molar-refractivity contribution < 1.29 is 9.90 Å². The van der Waals surface area contributed by atoms with Crippen LogP contribution < -0.4 is 0 Å². The van der Waals surface area contributed by atoms with Gasteiger partial charge in [-0.25, -0.2) is 9.48 Å². The Morgan fingerprint density at radius 1 is 1.32 bits per heavy atom. The summed E-state index contributed by atoms with van der Waals surface area (Å²) >= 11 is 11.8. The lowest BCUT2D eigenvalue weighted by atomic mass is 10.1. The third-order valence-corrected chi connectivity index (χ3v) is 3.43. The number of benzene rings is 1. The molecule has 4 nitrogen and oxygen atoms in total. The van der Waals surface area contributed by atoms with Crippen molar-refractivity contribution in [2.45, 2.75) is 19.8 Å². The van der Waals surface area contributed by atoms with Gasteiger partial charge in [0.15, 0.2) is 0 Å². The highest BCUT2D eigenvalue weighted by atomic mass is 35.5. The van der Waals surface area contributed by atoms with Crippen molar-refractivity contribution in [3.63, 3.8) is 0 Å². The Hall–Kier alpha value is -1.52. The van der Waals surface area contributed by atoms with Crippen LogP contribution in [0.25, 0.3) is 5.69 Å². The first-order valence-corrected chi connectivity index (χ1v) is 6.44. The van der Waals surface area contributed by atoms with Gasteiger partial charge in [0.25, 0.3) is 0 Å². The Balaban J connectivity index is 2.54. The van der Waals surface area contributed by atoms with Gasteiger partial charge >= 0.3 is 5.97 Å². The predicted molar refractivity (Wildman–Crippen MR) is 74.6 cm³/mol. The van der Waals surface area contributed by atoms with Crippen LogP contribution in [-0.4, -0.2) is 20.9 Å². The number of nitrogens with zero attached hydrogens (tertiary/aromatic N) is 2. The summed E-state index contributed by atoms with van der Waals surface area (Å²) < 4.78 is 1.50. The van der Waals surface area contributed by atoms with Gasteiger partial charge in [0.05, 0.1) is 21.4 Å². The van der Waals surface area contributed by atoms with Gasteiger partial charge in [-0.3, -0.25) is 0 Å². The molecule has 2 aromatic rings. The van der Waals surface area contributed by atoms with Crippen molar-refractivity contribution in [2.24, 2.45) is 0 Å². The van der Waals surface area contributed by atoms with E-state index < -0.39 is 5.97 Å². The smallest absolute Gasteiger partial charge is 0.339 e. The Labute approximate surface area is 120 Å². The molecular formula is C13H12Cl2N2O2. The molecule has 1 aromatic heterocycles. The van der Waals surface area contributed by atoms with Gasteiger partial charge < -0.3 is 5.11 Å². The van der Waals surface area contributed by atoms with Crippen molar-refractivity contribution in [2.75, 3.05) is 0 Å². The van der Waals surface area contributed by atoms with Gasteiger partial charge in [-0.15, -0.1) is 0 Å². The van der Waals surface area contributed by atoms with Crippen molar-refractivity contribution in [3.8, 4) is 5.69 Å². The average molecular weight is 299 g/mol. The molecule has 19 heavy (non-hydrogen) atoms. The number of aromatic carboxylic acids is 1. The molecule has 0 aliphatic heterocycles. The third kappa shape index (κ3) is 2.74. The van der Waals surface area contributed by atoms with E-state index in [1.807, 2.05) is 13.8 Å². The Kier molecular flexibility index (Phi) is 3.83. The topological polar surface area (TPSA) is 55.1 Å². The monoisotopic (exact) mass is 298 g/mol. The number of halogens is 2. The maximum absolute atomic E-state index is 11.2. The lowest BCUT2D eigenvalue weighted by Gasteiger charge is -2.03. The van der Waals surface area contributed by atoms with E-state index in [1.54, 1.807) is 18.2 Å². The van der Waals surface area contributed by atoms with Crippen molar-refractivity contribution in [1.29, 1.82) is 0 Å². The van der Waals surface area contributed by atoms with Crippen LogP contribution >= 0.6 is 23.2 Å². The number of carboxylic acid groups (broad SMARTS) is 1. The minimum atomic E-state index is -0.991. The highest BCUT2D eigenvalue weighted by Gasteiger charge is 2.18. The Morgan fingerprint density at radius 3 is 2.47 bits per heavy atom. The second-order valence-corrected chi connectivity index (χ2v) is 5.25. The normalized spacial score (nSPS) is 11.0. The summed E-state index contributed by atoms with van der Waals surface area (Å²) in [6.07, 6.45) is 1.48. The Morgan fingerprint density at radius 2 is 2.00 bits per heavy atom. The fourth-order valence-corrected chi connectivity index (χ4v) is 2.03. The zero-order valence-electron chi connectivity index (χ0n) is 10.4. The Bertz CT molecular complexity index is 636. The van der Waals surface area contributed by atoms with Gasteiger partial charge in [-0.1, -0.05) is 37.0 Å². The molecule has 0 bridgehead atoms. The maximum Gasteiger partial charge on any atom is 0.339 e. The second kappa shape index (κ2) is 5.23. The first-order valence-electron chi connectivity index (χ1n) is 5.68. The molecule has 0 atom stereocenters. The average Bonchev–Trinajstić information content (AvgIpc) is 2.78. The van der Waals surface area contributed by atoms with Gasteiger partial charge in [0.1, 0.15) is 5.56 Å². The molecule has 1 heterocycles. The van der Waals surface area contributed by atoms with Crippen molar-refractivity contribution >= 4 is 29.2 Å². The molecule has 0 radical (unpaired) electrons. The summed E-state index contributed by atoms with van der Waals surface area (Å²) in [5.41, 5.74) is 1.41. The van der Waals surface area contributed by atoms with E-state index in [0.29, 0.717) is 21.4 Å². The largest absolute Gasteiger partial charge is 0.478 e. The number of carboxylic acids is 1. The van der Waals surface area contributed by atoms with Crippen molar-refractivity contribution in [3.05, 3.63) is 45.7 Å². The molecule has 1 aromatic carbocycles. The molecule has 0 saturated heterocycles. The zero-order valence-corrected chi connectivity index (χ0v) is 11.9. The quantitative estimate of drug-likeness (QED) is 0.932. The molecule has 0 fully saturated rings. The van der Waals surface area contributed by atoms with Gasteiger partial charge in [-0.05, 0) is 24.1 Å².